The second kappa shape index (κ2) is 4.20. The van der Waals surface area contributed by atoms with Crippen molar-refractivity contribution in [3.8, 4) is 0 Å². The first kappa shape index (κ1) is 11.9. The Bertz CT molecular complexity index is 550. The fraction of sp³-hybridized carbons (Fsp3) is 0.417. The molecule has 2 fully saturated rings. The summed E-state index contributed by atoms with van der Waals surface area (Å²) in [5.41, 5.74) is 5.83. The number of primary amides is 1. The van der Waals surface area contributed by atoms with E-state index in [0.717, 1.165) is 13.1 Å². The van der Waals surface area contributed by atoms with Gasteiger partial charge in [-0.2, -0.15) is 0 Å². The Morgan fingerprint density at radius 3 is 2.68 bits per heavy atom. The number of nitrogens with one attached hydrogen (secondary N) is 2. The predicted octanol–water partition coefficient (Wildman–Crippen LogP) is 0.323. The lowest BCUT2D eigenvalue weighted by Gasteiger charge is -2.10. The van der Waals surface area contributed by atoms with Crippen LogP contribution >= 0.6 is 0 Å². The zero-order valence-corrected chi connectivity index (χ0v) is 10.1. The number of carbonyl (C=O) groups is 1. The molecule has 1 aliphatic heterocycles. The van der Waals surface area contributed by atoms with Gasteiger partial charge in [-0.25, -0.2) is 0 Å². The molecule has 1 heterocycles. The van der Waals surface area contributed by atoms with E-state index in [0.29, 0.717) is 17.5 Å². The van der Waals surface area contributed by atoms with E-state index in [2.05, 4.69) is 10.6 Å². The van der Waals surface area contributed by atoms with E-state index < -0.39 is 10.8 Å². The molecule has 0 bridgehead atoms. The van der Waals surface area contributed by atoms with Crippen LogP contribution in [0, 0.1) is 22.0 Å². The first-order valence-electron chi connectivity index (χ1n) is 6.13. The van der Waals surface area contributed by atoms with E-state index in [1.807, 2.05) is 0 Å². The number of rotatable bonds is 4. The molecule has 1 aromatic rings. The topological polar surface area (TPSA) is 110 Å². The zero-order chi connectivity index (χ0) is 13.6. The Kier molecular flexibility index (Phi) is 2.63. The maximum Gasteiger partial charge on any atom is 0.292 e. The average Bonchev–Trinajstić information content (AvgIpc) is 2.82. The number of piperidine rings is 1. The number of nitrogens with zero attached hydrogens (tertiary/aromatic N) is 1. The third-order valence-electron chi connectivity index (χ3n) is 3.89. The van der Waals surface area contributed by atoms with Gasteiger partial charge in [-0.3, -0.25) is 14.9 Å². The number of benzene rings is 1. The van der Waals surface area contributed by atoms with Crippen molar-refractivity contribution in [3.63, 3.8) is 0 Å². The second-order valence-corrected chi connectivity index (χ2v) is 5.01. The highest BCUT2D eigenvalue weighted by Crippen LogP contribution is 2.44. The van der Waals surface area contributed by atoms with Crippen molar-refractivity contribution in [1.29, 1.82) is 0 Å². The van der Waals surface area contributed by atoms with Gasteiger partial charge in [0.1, 0.15) is 5.69 Å². The monoisotopic (exact) mass is 262 g/mol. The van der Waals surface area contributed by atoms with Gasteiger partial charge in [-0.1, -0.05) is 0 Å². The molecule has 1 saturated carbocycles. The van der Waals surface area contributed by atoms with Crippen molar-refractivity contribution >= 4 is 17.3 Å². The summed E-state index contributed by atoms with van der Waals surface area (Å²) in [6.45, 7) is 1.87. The zero-order valence-electron chi connectivity index (χ0n) is 10.1. The van der Waals surface area contributed by atoms with E-state index in [1.165, 1.54) is 18.2 Å². The molecule has 2 atom stereocenters. The van der Waals surface area contributed by atoms with Gasteiger partial charge in [0, 0.05) is 30.8 Å². The van der Waals surface area contributed by atoms with Gasteiger partial charge in [-0.15, -0.1) is 0 Å². The Balaban J connectivity index is 1.86. The largest absolute Gasteiger partial charge is 0.376 e. The lowest BCUT2D eigenvalue weighted by Crippen LogP contribution is -2.22. The molecule has 1 aliphatic carbocycles. The summed E-state index contributed by atoms with van der Waals surface area (Å²) in [5, 5.41) is 17.4. The number of nitro benzene ring substituents is 1. The average molecular weight is 262 g/mol. The third-order valence-corrected chi connectivity index (χ3v) is 3.89. The van der Waals surface area contributed by atoms with E-state index in [9.17, 15) is 14.9 Å². The number of hydrogen-bond acceptors (Lipinski definition) is 5. The maximum absolute atomic E-state index is 11.1. The van der Waals surface area contributed by atoms with Crippen LogP contribution in [0.25, 0.3) is 0 Å². The molecule has 1 saturated heterocycles. The van der Waals surface area contributed by atoms with E-state index in [-0.39, 0.29) is 17.3 Å². The lowest BCUT2D eigenvalue weighted by atomic mass is 10.1. The van der Waals surface area contributed by atoms with Crippen LogP contribution in [0.3, 0.4) is 0 Å². The first-order valence-corrected chi connectivity index (χ1v) is 6.13. The highest BCUT2D eigenvalue weighted by Gasteiger charge is 2.53. The quantitative estimate of drug-likeness (QED) is 0.534. The Labute approximate surface area is 109 Å². The van der Waals surface area contributed by atoms with Crippen LogP contribution in [0.15, 0.2) is 18.2 Å². The van der Waals surface area contributed by atoms with E-state index in [4.69, 9.17) is 5.73 Å². The molecule has 7 heteroatoms. The van der Waals surface area contributed by atoms with Crippen molar-refractivity contribution in [1.82, 2.24) is 5.32 Å². The molecule has 7 nitrogen and oxygen atoms in total. The molecule has 0 radical (unpaired) electrons. The van der Waals surface area contributed by atoms with Crippen LogP contribution in [0.4, 0.5) is 11.4 Å². The van der Waals surface area contributed by atoms with Gasteiger partial charge in [-0.05, 0) is 24.0 Å². The molecular formula is C12H14N4O3. The number of carbonyl (C=O) groups excluding carboxylic acids is 1. The summed E-state index contributed by atoms with van der Waals surface area (Å²) in [6.07, 6.45) is 0. The minimum Gasteiger partial charge on any atom is -0.376 e. The summed E-state index contributed by atoms with van der Waals surface area (Å²) in [5.74, 6) is 0.462. The molecule has 100 valence electrons. The Morgan fingerprint density at radius 2 is 2.11 bits per heavy atom. The molecule has 1 aromatic carbocycles. The second-order valence-electron chi connectivity index (χ2n) is 5.01. The molecular weight excluding hydrogens is 248 g/mol. The summed E-state index contributed by atoms with van der Waals surface area (Å²) in [7, 11) is 0. The van der Waals surface area contributed by atoms with Crippen LogP contribution in [0.2, 0.25) is 0 Å². The van der Waals surface area contributed by atoms with Crippen molar-refractivity contribution in [2.24, 2.45) is 17.6 Å². The minimum absolute atomic E-state index is 0.0251. The highest BCUT2D eigenvalue weighted by molar-refractivity contribution is 5.94. The van der Waals surface area contributed by atoms with Crippen molar-refractivity contribution in [3.05, 3.63) is 33.9 Å². The normalized spacial score (nSPS) is 27.7. The third kappa shape index (κ3) is 2.01. The van der Waals surface area contributed by atoms with Gasteiger partial charge < -0.3 is 16.4 Å². The summed E-state index contributed by atoms with van der Waals surface area (Å²) < 4.78 is 0. The molecule has 1 amide bonds. The minimum atomic E-state index is -0.587. The SMILES string of the molecule is NC(=O)c1ccc([N+](=O)[O-])c(NC2C3CNCC32)c1. The van der Waals surface area contributed by atoms with Gasteiger partial charge in [0.15, 0.2) is 0 Å². The molecule has 4 N–H and O–H groups in total. The number of fused-ring (bicyclic) bond motifs is 1. The number of nitrogens with two attached hydrogens (primary N) is 1. The number of amides is 1. The van der Waals surface area contributed by atoms with Crippen molar-refractivity contribution < 1.29 is 9.72 Å². The smallest absolute Gasteiger partial charge is 0.292 e. The van der Waals surface area contributed by atoms with Gasteiger partial charge in [0.05, 0.1) is 4.92 Å². The van der Waals surface area contributed by atoms with Crippen molar-refractivity contribution in [2.45, 2.75) is 6.04 Å². The highest BCUT2D eigenvalue weighted by atomic mass is 16.6. The van der Waals surface area contributed by atoms with Crippen LogP contribution < -0.4 is 16.4 Å². The van der Waals surface area contributed by atoms with Crippen LogP contribution in [-0.4, -0.2) is 30.0 Å². The van der Waals surface area contributed by atoms with Gasteiger partial charge in [0.25, 0.3) is 5.69 Å². The van der Waals surface area contributed by atoms with Gasteiger partial charge in [0.2, 0.25) is 5.91 Å². The molecule has 0 aromatic heterocycles. The summed E-state index contributed by atoms with van der Waals surface area (Å²) in [6, 6.07) is 4.41. The van der Waals surface area contributed by atoms with E-state index >= 15 is 0 Å². The van der Waals surface area contributed by atoms with Crippen LogP contribution in [-0.2, 0) is 0 Å². The standard InChI is InChI=1S/C12H14N4O3/c13-12(17)6-1-2-10(16(18)19)9(3-6)15-11-7-4-14-5-8(7)11/h1-3,7-8,11,14-15H,4-5H2,(H2,13,17). The van der Waals surface area contributed by atoms with Crippen LogP contribution in [0.5, 0.6) is 0 Å². The molecule has 2 unspecified atom stereocenters. The number of nitro groups is 1. The van der Waals surface area contributed by atoms with Crippen molar-refractivity contribution in [2.75, 3.05) is 18.4 Å². The number of hydrogen-bond donors (Lipinski definition) is 3. The fourth-order valence-electron chi connectivity index (χ4n) is 2.78. The molecule has 3 rings (SSSR count). The molecule has 0 spiro atoms. The summed E-state index contributed by atoms with van der Waals surface area (Å²) >= 11 is 0. The molecule has 2 aliphatic rings. The van der Waals surface area contributed by atoms with Crippen LogP contribution in [0.1, 0.15) is 10.4 Å². The van der Waals surface area contributed by atoms with Gasteiger partial charge >= 0.3 is 0 Å². The predicted molar refractivity (Wildman–Crippen MR) is 68.9 cm³/mol. The fourth-order valence-corrected chi connectivity index (χ4v) is 2.78. The first-order chi connectivity index (χ1) is 9.08. The number of anilines is 1. The summed E-state index contributed by atoms with van der Waals surface area (Å²) in [4.78, 5) is 21.7. The Morgan fingerprint density at radius 1 is 1.42 bits per heavy atom. The maximum atomic E-state index is 11.1. The Hall–Kier alpha value is -2.15. The lowest BCUT2D eigenvalue weighted by molar-refractivity contribution is -0.384. The molecule has 19 heavy (non-hydrogen) atoms. The van der Waals surface area contributed by atoms with E-state index in [1.54, 1.807) is 0 Å².